The van der Waals surface area contributed by atoms with Crippen LogP contribution >= 0.6 is 0 Å². The third-order valence-corrected chi connectivity index (χ3v) is 5.66. The van der Waals surface area contributed by atoms with Crippen LogP contribution in [0.2, 0.25) is 0 Å². The summed E-state index contributed by atoms with van der Waals surface area (Å²) in [5.41, 5.74) is 0.556. The summed E-state index contributed by atoms with van der Waals surface area (Å²) < 4.78 is 5.44. The van der Waals surface area contributed by atoms with Gasteiger partial charge in [-0.15, -0.1) is 0 Å². The predicted molar refractivity (Wildman–Crippen MR) is 126 cm³/mol. The van der Waals surface area contributed by atoms with E-state index in [0.717, 1.165) is 25.3 Å². The molecule has 3 N–H and O–H groups in total. The van der Waals surface area contributed by atoms with Gasteiger partial charge in [0.2, 0.25) is 0 Å². The van der Waals surface area contributed by atoms with Gasteiger partial charge in [-0.1, -0.05) is 23.4 Å². The van der Waals surface area contributed by atoms with Crippen molar-refractivity contribution < 1.29 is 34.5 Å². The molecule has 0 spiro atoms. The van der Waals surface area contributed by atoms with Gasteiger partial charge in [0.1, 0.15) is 23.2 Å². The third-order valence-electron chi connectivity index (χ3n) is 5.66. The van der Waals surface area contributed by atoms with Gasteiger partial charge < -0.3 is 29.8 Å². The molecule has 1 aromatic carbocycles. The van der Waals surface area contributed by atoms with Crippen LogP contribution in [0.5, 0.6) is 11.5 Å². The van der Waals surface area contributed by atoms with Crippen LogP contribution in [0.15, 0.2) is 41.6 Å². The van der Waals surface area contributed by atoms with E-state index < -0.39 is 23.9 Å². The van der Waals surface area contributed by atoms with Crippen molar-refractivity contribution in [3.05, 3.63) is 47.6 Å². The Morgan fingerprint density at radius 3 is 2.71 bits per heavy atom. The van der Waals surface area contributed by atoms with E-state index in [1.165, 1.54) is 6.07 Å². The molecule has 9 heteroatoms. The molecule has 0 bridgehead atoms. The van der Waals surface area contributed by atoms with E-state index in [1.54, 1.807) is 36.1 Å². The number of aliphatic hydroxyl groups is 1. The number of phenolic OH excluding ortho intramolecular Hbond substituents is 2. The lowest BCUT2D eigenvalue weighted by Crippen LogP contribution is -2.37. The maximum atomic E-state index is 12.8. The highest BCUT2D eigenvalue weighted by Gasteiger charge is 2.22. The van der Waals surface area contributed by atoms with Crippen molar-refractivity contribution >= 4 is 17.6 Å². The molecule has 2 aliphatic heterocycles. The Balaban J connectivity index is 1.86. The molecule has 2 heterocycles. The van der Waals surface area contributed by atoms with Crippen LogP contribution in [0.1, 0.15) is 54.9 Å². The van der Waals surface area contributed by atoms with E-state index in [1.807, 2.05) is 0 Å². The van der Waals surface area contributed by atoms with Crippen LogP contribution in [0.4, 0.5) is 0 Å². The number of hydrogen-bond donors (Lipinski definition) is 3. The number of aliphatic hydroxyl groups excluding tert-OH is 1. The summed E-state index contributed by atoms with van der Waals surface area (Å²) in [5.74, 6) is -1.52. The summed E-state index contributed by atoms with van der Waals surface area (Å²) in [5, 5.41) is 34.6. The molecule has 0 unspecified atom stereocenters. The van der Waals surface area contributed by atoms with Gasteiger partial charge in [-0.2, -0.15) is 0 Å². The first kappa shape index (κ1) is 25.3. The molecule has 0 saturated carbocycles. The third kappa shape index (κ3) is 7.34. The average Bonchev–Trinajstić information content (AvgIpc) is 2.78. The molecule has 1 saturated heterocycles. The molecule has 3 rings (SSSR count). The summed E-state index contributed by atoms with van der Waals surface area (Å²) >= 11 is 0. The van der Waals surface area contributed by atoms with E-state index in [4.69, 9.17) is 9.57 Å². The number of ether oxygens (including phenoxy) is 1. The number of benzene rings is 1. The molecule has 2 aliphatic rings. The van der Waals surface area contributed by atoms with Gasteiger partial charge in [-0.25, -0.2) is 4.79 Å². The fourth-order valence-corrected chi connectivity index (χ4v) is 3.91. The molecule has 1 fully saturated rings. The quantitative estimate of drug-likeness (QED) is 0.350. The van der Waals surface area contributed by atoms with E-state index in [2.05, 4.69) is 5.16 Å². The number of nitrogens with zero attached hydrogens (tertiary/aromatic N) is 2. The number of esters is 1. The lowest BCUT2D eigenvalue weighted by molar-refractivity contribution is -0.137. The van der Waals surface area contributed by atoms with Crippen molar-refractivity contribution in [1.29, 1.82) is 0 Å². The molecule has 34 heavy (non-hydrogen) atoms. The van der Waals surface area contributed by atoms with Crippen LogP contribution in [-0.4, -0.2) is 69.7 Å². The number of allylic oxidation sites excluding steroid dienone is 1. The number of amides is 1. The maximum Gasteiger partial charge on any atom is 0.342 e. The van der Waals surface area contributed by atoms with Crippen LogP contribution in [0.25, 0.3) is 0 Å². The molecular formula is C25H32N2O7. The molecular weight excluding hydrogens is 440 g/mol. The number of carbonyl (C=O) groups excluding carboxylic acids is 2. The number of hydrogen-bond acceptors (Lipinski definition) is 8. The number of cyclic esters (lactones) is 1. The fraction of sp³-hybridized carbons (Fsp3) is 0.480. The van der Waals surface area contributed by atoms with Gasteiger partial charge in [0.15, 0.2) is 6.61 Å². The second-order valence-electron chi connectivity index (χ2n) is 8.56. The Morgan fingerprint density at radius 1 is 1.18 bits per heavy atom. The standard InChI is InChI=1S/C25H32N2O7/c1-17-7-5-9-20(28)10-6-8-19(26-33-16-23(31)27-11-3-2-4-12-27)13-18-14-21(29)15-22(30)24(18)25(32)34-17/h5-6,8-9,14-15,17,20,28-30H,2-4,7,10-13,16H2,1H3/t17-,20-/m1/s1. The largest absolute Gasteiger partial charge is 0.508 e. The van der Waals surface area contributed by atoms with Crippen LogP contribution in [-0.2, 0) is 20.8 Å². The van der Waals surface area contributed by atoms with Crippen LogP contribution in [0, 0.1) is 0 Å². The van der Waals surface area contributed by atoms with Gasteiger partial charge in [-0.3, -0.25) is 4.79 Å². The molecule has 184 valence electrons. The Kier molecular flexibility index (Phi) is 9.09. The normalized spacial score (nSPS) is 23.2. The monoisotopic (exact) mass is 472 g/mol. The van der Waals surface area contributed by atoms with E-state index in [9.17, 15) is 24.9 Å². The van der Waals surface area contributed by atoms with Gasteiger partial charge >= 0.3 is 5.97 Å². The zero-order valence-corrected chi connectivity index (χ0v) is 19.4. The Bertz CT molecular complexity index is 964. The number of oxime groups is 1. The van der Waals surface area contributed by atoms with Crippen molar-refractivity contribution in [1.82, 2.24) is 4.90 Å². The number of likely N-dealkylation sites (tertiary alicyclic amines) is 1. The van der Waals surface area contributed by atoms with E-state index in [0.29, 0.717) is 31.6 Å². The molecule has 2 atom stereocenters. The Hall–Kier alpha value is -3.33. The van der Waals surface area contributed by atoms with Crippen molar-refractivity contribution in [3.63, 3.8) is 0 Å². The zero-order valence-electron chi connectivity index (χ0n) is 19.4. The van der Waals surface area contributed by atoms with E-state index >= 15 is 0 Å². The molecule has 1 amide bonds. The summed E-state index contributed by atoms with van der Waals surface area (Å²) in [6, 6.07) is 2.43. The predicted octanol–water partition coefficient (Wildman–Crippen LogP) is 2.84. The smallest absolute Gasteiger partial charge is 0.342 e. The summed E-state index contributed by atoms with van der Waals surface area (Å²) in [6.45, 7) is 2.89. The van der Waals surface area contributed by atoms with Gasteiger partial charge in [-0.05, 0) is 50.3 Å². The van der Waals surface area contributed by atoms with Crippen LogP contribution < -0.4 is 0 Å². The van der Waals surface area contributed by atoms with Crippen molar-refractivity contribution in [2.75, 3.05) is 19.7 Å². The summed E-state index contributed by atoms with van der Waals surface area (Å²) in [6.07, 6.45) is 9.22. The second kappa shape index (κ2) is 12.2. The average molecular weight is 473 g/mol. The fourth-order valence-electron chi connectivity index (χ4n) is 3.91. The number of phenols is 2. The van der Waals surface area contributed by atoms with Gasteiger partial charge in [0.05, 0.1) is 11.8 Å². The molecule has 9 nitrogen and oxygen atoms in total. The highest BCUT2D eigenvalue weighted by atomic mass is 16.6. The number of fused-ring (bicyclic) bond motifs is 1. The molecule has 1 aromatic rings. The topological polar surface area (TPSA) is 129 Å². The molecule has 0 radical (unpaired) electrons. The lowest BCUT2D eigenvalue weighted by Gasteiger charge is -2.26. The Morgan fingerprint density at radius 2 is 1.94 bits per heavy atom. The number of rotatable bonds is 3. The molecule has 0 aromatic heterocycles. The first-order chi connectivity index (χ1) is 16.3. The molecule has 0 aliphatic carbocycles. The lowest BCUT2D eigenvalue weighted by atomic mass is 9.99. The summed E-state index contributed by atoms with van der Waals surface area (Å²) in [7, 11) is 0. The van der Waals surface area contributed by atoms with Crippen LogP contribution in [0.3, 0.4) is 0 Å². The SMILES string of the molecule is C[C@@H]1CC=C[C@@H](O)CC=CC(=NOCC(=O)N2CCCCC2)Cc2cc(O)cc(O)c2C(=O)O1. The second-order valence-corrected chi connectivity index (χ2v) is 8.56. The maximum absolute atomic E-state index is 12.8. The first-order valence-electron chi connectivity index (χ1n) is 11.6. The van der Waals surface area contributed by atoms with Crippen molar-refractivity contribution in [2.45, 2.75) is 57.7 Å². The van der Waals surface area contributed by atoms with Crippen molar-refractivity contribution in [3.8, 4) is 11.5 Å². The van der Waals surface area contributed by atoms with Crippen molar-refractivity contribution in [2.24, 2.45) is 5.16 Å². The zero-order chi connectivity index (χ0) is 24.5. The highest BCUT2D eigenvalue weighted by Crippen LogP contribution is 2.29. The van der Waals surface area contributed by atoms with Gasteiger partial charge in [0.25, 0.3) is 5.91 Å². The number of piperidine rings is 1. The number of aromatic hydroxyl groups is 2. The Labute approximate surface area is 199 Å². The summed E-state index contributed by atoms with van der Waals surface area (Å²) in [4.78, 5) is 32.2. The minimum atomic E-state index is -0.740. The highest BCUT2D eigenvalue weighted by molar-refractivity contribution is 6.00. The first-order valence-corrected chi connectivity index (χ1v) is 11.6. The van der Waals surface area contributed by atoms with Gasteiger partial charge in [0, 0.05) is 32.0 Å². The minimum Gasteiger partial charge on any atom is -0.508 e. The van der Waals surface area contributed by atoms with E-state index in [-0.39, 0.29) is 35.8 Å². The minimum absolute atomic E-state index is 0.0150. The number of carbonyl (C=O) groups is 2.